The van der Waals surface area contributed by atoms with Crippen molar-refractivity contribution in [3.8, 4) is 0 Å². The van der Waals surface area contributed by atoms with Gasteiger partial charge < -0.3 is 10.1 Å². The van der Waals surface area contributed by atoms with Crippen LogP contribution in [0.5, 0.6) is 0 Å². The van der Waals surface area contributed by atoms with Gasteiger partial charge in [0, 0.05) is 5.69 Å². The molecule has 2 bridgehead atoms. The molecule has 28 heavy (non-hydrogen) atoms. The first-order chi connectivity index (χ1) is 13.4. The summed E-state index contributed by atoms with van der Waals surface area (Å²) >= 11 is 0. The van der Waals surface area contributed by atoms with E-state index in [1.54, 1.807) is 12.1 Å². The standard InChI is InChI=1S/C21H22N2O5/c1-11-4-3-5-15(8-11)22-16(24)10-28-21(27)12(2)23-19(25)17-13-6-7-14(9-13)18(17)20(23)26/h3-8,12-14,17-18H,9-10H2,1-2H3,(H,22,24)/t12-,13-,14-,17+,18+/m0/s1. The van der Waals surface area contributed by atoms with Crippen LogP contribution in [-0.2, 0) is 23.9 Å². The maximum absolute atomic E-state index is 12.7. The molecule has 0 aromatic heterocycles. The molecule has 1 heterocycles. The number of esters is 1. The number of aryl methyl sites for hydroxylation is 1. The summed E-state index contributed by atoms with van der Waals surface area (Å²) in [6.07, 6.45) is 4.83. The molecule has 1 saturated carbocycles. The lowest BCUT2D eigenvalue weighted by atomic mass is 9.85. The first-order valence-electron chi connectivity index (χ1n) is 9.45. The topological polar surface area (TPSA) is 92.8 Å². The molecule has 146 valence electrons. The Balaban J connectivity index is 1.34. The van der Waals surface area contributed by atoms with E-state index in [0.29, 0.717) is 5.69 Å². The molecule has 5 atom stereocenters. The molecular formula is C21H22N2O5. The highest BCUT2D eigenvalue weighted by Crippen LogP contribution is 2.52. The maximum atomic E-state index is 12.7. The Labute approximate surface area is 162 Å². The van der Waals surface area contributed by atoms with Crippen molar-refractivity contribution in [3.63, 3.8) is 0 Å². The van der Waals surface area contributed by atoms with Crippen molar-refractivity contribution in [1.29, 1.82) is 0 Å². The minimum absolute atomic E-state index is 0.0831. The molecule has 2 fully saturated rings. The summed E-state index contributed by atoms with van der Waals surface area (Å²) in [5.74, 6) is -2.41. The van der Waals surface area contributed by atoms with Gasteiger partial charge in [-0.2, -0.15) is 0 Å². The first-order valence-corrected chi connectivity index (χ1v) is 9.45. The maximum Gasteiger partial charge on any atom is 0.329 e. The third kappa shape index (κ3) is 3.00. The van der Waals surface area contributed by atoms with Gasteiger partial charge in [-0.1, -0.05) is 24.3 Å². The van der Waals surface area contributed by atoms with Gasteiger partial charge in [0.2, 0.25) is 11.8 Å². The van der Waals surface area contributed by atoms with Crippen LogP contribution in [0.25, 0.3) is 0 Å². The number of benzene rings is 1. The van der Waals surface area contributed by atoms with E-state index in [0.717, 1.165) is 16.9 Å². The fourth-order valence-corrected chi connectivity index (χ4v) is 4.59. The first kappa shape index (κ1) is 18.4. The smallest absolute Gasteiger partial charge is 0.329 e. The van der Waals surface area contributed by atoms with E-state index in [1.807, 2.05) is 31.2 Å². The van der Waals surface area contributed by atoms with Crippen LogP contribution in [0.2, 0.25) is 0 Å². The summed E-state index contributed by atoms with van der Waals surface area (Å²) in [6, 6.07) is 6.20. The van der Waals surface area contributed by atoms with Gasteiger partial charge >= 0.3 is 5.97 Å². The van der Waals surface area contributed by atoms with Crippen molar-refractivity contribution in [2.45, 2.75) is 26.3 Å². The number of hydrogen-bond acceptors (Lipinski definition) is 5. The number of nitrogens with zero attached hydrogens (tertiary/aromatic N) is 1. The predicted molar refractivity (Wildman–Crippen MR) is 99.8 cm³/mol. The molecule has 0 spiro atoms. The summed E-state index contributed by atoms with van der Waals surface area (Å²) in [7, 11) is 0. The second-order valence-electron chi connectivity index (χ2n) is 7.75. The lowest BCUT2D eigenvalue weighted by Gasteiger charge is -2.23. The quantitative estimate of drug-likeness (QED) is 0.475. The number of hydrogen-bond donors (Lipinski definition) is 1. The van der Waals surface area contributed by atoms with Crippen molar-refractivity contribution >= 4 is 29.4 Å². The number of carbonyl (C=O) groups excluding carboxylic acids is 4. The van der Waals surface area contributed by atoms with Gasteiger partial charge in [0.05, 0.1) is 11.8 Å². The van der Waals surface area contributed by atoms with E-state index in [-0.39, 0.29) is 35.5 Å². The van der Waals surface area contributed by atoms with Gasteiger partial charge in [-0.25, -0.2) is 4.79 Å². The van der Waals surface area contributed by atoms with Gasteiger partial charge in [0.1, 0.15) is 6.04 Å². The number of allylic oxidation sites excluding steroid dienone is 2. The molecule has 4 rings (SSSR count). The highest BCUT2D eigenvalue weighted by Gasteiger charge is 2.60. The predicted octanol–water partition coefficient (Wildman–Crippen LogP) is 1.67. The van der Waals surface area contributed by atoms with Gasteiger partial charge in [0.15, 0.2) is 6.61 Å². The van der Waals surface area contributed by atoms with E-state index in [4.69, 9.17) is 4.74 Å². The van der Waals surface area contributed by atoms with Crippen LogP contribution >= 0.6 is 0 Å². The van der Waals surface area contributed by atoms with Gasteiger partial charge in [-0.15, -0.1) is 0 Å². The fraction of sp³-hybridized carbons (Fsp3) is 0.429. The Morgan fingerprint density at radius 1 is 1.18 bits per heavy atom. The van der Waals surface area contributed by atoms with E-state index < -0.39 is 24.5 Å². The SMILES string of the molecule is Cc1cccc(NC(=O)COC(=O)[C@H](C)N2C(=O)[C@H]3[C@H](C2=O)[C@H]2C=C[C@H]3C2)c1. The minimum atomic E-state index is -1.04. The van der Waals surface area contributed by atoms with Gasteiger partial charge in [-0.05, 0) is 49.8 Å². The van der Waals surface area contributed by atoms with Crippen LogP contribution in [0.1, 0.15) is 18.9 Å². The zero-order chi connectivity index (χ0) is 20.0. The highest BCUT2D eigenvalue weighted by molar-refractivity contribution is 6.09. The van der Waals surface area contributed by atoms with Crippen molar-refractivity contribution in [2.24, 2.45) is 23.7 Å². The number of carbonyl (C=O) groups is 4. The summed E-state index contributed by atoms with van der Waals surface area (Å²) in [4.78, 5) is 50.9. The third-order valence-corrected chi connectivity index (χ3v) is 5.88. The summed E-state index contributed by atoms with van der Waals surface area (Å²) < 4.78 is 5.06. The number of anilines is 1. The lowest BCUT2D eigenvalue weighted by Crippen LogP contribution is -2.45. The Kier molecular flexibility index (Phi) is 4.53. The second kappa shape index (κ2) is 6.89. The van der Waals surface area contributed by atoms with Crippen LogP contribution in [0.15, 0.2) is 36.4 Å². The molecule has 1 N–H and O–H groups in total. The Hall–Kier alpha value is -2.96. The molecule has 7 heteroatoms. The van der Waals surface area contributed by atoms with Crippen molar-refractivity contribution in [1.82, 2.24) is 4.90 Å². The number of fused-ring (bicyclic) bond motifs is 5. The molecule has 1 aromatic carbocycles. The molecular weight excluding hydrogens is 360 g/mol. The Morgan fingerprint density at radius 3 is 2.43 bits per heavy atom. The summed E-state index contributed by atoms with van der Waals surface area (Å²) in [5, 5.41) is 2.64. The highest BCUT2D eigenvalue weighted by atomic mass is 16.5. The molecule has 2 aliphatic carbocycles. The van der Waals surface area contributed by atoms with E-state index in [9.17, 15) is 19.2 Å². The lowest BCUT2D eigenvalue weighted by molar-refractivity contribution is -0.159. The van der Waals surface area contributed by atoms with E-state index in [1.165, 1.54) is 6.92 Å². The molecule has 7 nitrogen and oxygen atoms in total. The molecule has 1 aromatic rings. The second-order valence-corrected chi connectivity index (χ2v) is 7.75. The summed E-state index contributed by atoms with van der Waals surface area (Å²) in [6.45, 7) is 2.89. The van der Waals surface area contributed by atoms with Crippen molar-refractivity contribution in [3.05, 3.63) is 42.0 Å². The van der Waals surface area contributed by atoms with Crippen LogP contribution in [0.4, 0.5) is 5.69 Å². The zero-order valence-corrected chi connectivity index (χ0v) is 15.8. The number of likely N-dealkylation sites (tertiary alicyclic amines) is 1. The van der Waals surface area contributed by atoms with Crippen LogP contribution < -0.4 is 5.32 Å². The van der Waals surface area contributed by atoms with Crippen molar-refractivity contribution in [2.75, 3.05) is 11.9 Å². The van der Waals surface area contributed by atoms with E-state index >= 15 is 0 Å². The molecule has 0 unspecified atom stereocenters. The van der Waals surface area contributed by atoms with Crippen LogP contribution in [0.3, 0.4) is 0 Å². The van der Waals surface area contributed by atoms with Crippen molar-refractivity contribution < 1.29 is 23.9 Å². The number of amides is 3. The zero-order valence-electron chi connectivity index (χ0n) is 15.8. The number of ether oxygens (including phenoxy) is 1. The fourth-order valence-electron chi connectivity index (χ4n) is 4.59. The normalized spacial score (nSPS) is 28.4. The van der Waals surface area contributed by atoms with Crippen LogP contribution in [0, 0.1) is 30.6 Å². The molecule has 3 aliphatic rings. The monoisotopic (exact) mass is 382 g/mol. The average molecular weight is 382 g/mol. The molecule has 1 saturated heterocycles. The Bertz CT molecular complexity index is 863. The Morgan fingerprint density at radius 2 is 1.82 bits per heavy atom. The number of rotatable bonds is 5. The van der Waals surface area contributed by atoms with E-state index in [2.05, 4.69) is 5.32 Å². The third-order valence-electron chi connectivity index (χ3n) is 5.88. The van der Waals surface area contributed by atoms with Gasteiger partial charge in [0.25, 0.3) is 5.91 Å². The van der Waals surface area contributed by atoms with Crippen LogP contribution in [-0.4, -0.2) is 41.2 Å². The molecule has 1 aliphatic heterocycles. The number of nitrogens with one attached hydrogen (secondary N) is 1. The average Bonchev–Trinajstić information content (AvgIpc) is 3.33. The summed E-state index contributed by atoms with van der Waals surface area (Å²) in [5.41, 5.74) is 1.60. The largest absolute Gasteiger partial charge is 0.454 e. The van der Waals surface area contributed by atoms with Gasteiger partial charge in [-0.3, -0.25) is 19.3 Å². The molecule has 0 radical (unpaired) electrons. The number of imide groups is 1. The minimum Gasteiger partial charge on any atom is -0.454 e. The molecule has 3 amide bonds.